The van der Waals surface area contributed by atoms with Gasteiger partial charge in [0.05, 0.1) is 39.9 Å². The number of nitrogens with zero attached hydrogens (tertiary/aromatic N) is 4. The van der Waals surface area contributed by atoms with Crippen LogP contribution < -0.4 is 5.32 Å². The van der Waals surface area contributed by atoms with E-state index in [0.717, 1.165) is 6.07 Å². The van der Waals surface area contributed by atoms with E-state index in [2.05, 4.69) is 15.4 Å². The Labute approximate surface area is 223 Å². The minimum Gasteiger partial charge on any atom is -0.351 e. The average molecular weight is 558 g/mol. The van der Waals surface area contributed by atoms with E-state index >= 15 is 4.39 Å². The van der Waals surface area contributed by atoms with Crippen LogP contribution in [0, 0.1) is 17.5 Å². The highest BCUT2D eigenvalue weighted by molar-refractivity contribution is 7.91. The molecule has 0 aliphatic heterocycles. The monoisotopic (exact) mass is 557 g/mol. The largest absolute Gasteiger partial charge is 0.351 e. The summed E-state index contributed by atoms with van der Waals surface area (Å²) in [4.78, 5) is 15.6. The molecule has 204 valence electrons. The Bertz CT molecular complexity index is 1720. The first kappa shape index (κ1) is 27.8. The Morgan fingerprint density at radius 3 is 2.51 bits per heavy atom. The molecule has 0 saturated carbocycles. The fraction of sp³-hybridized carbons (Fsp3) is 0.222. The zero-order valence-electron chi connectivity index (χ0n) is 21.5. The smallest absolute Gasteiger partial charge is 0.252 e. The quantitative estimate of drug-likeness (QED) is 0.248. The topological polar surface area (TPSA) is 98.3 Å². The molecule has 0 atom stereocenters. The lowest BCUT2D eigenvalue weighted by atomic mass is 10.1. The van der Waals surface area contributed by atoms with Gasteiger partial charge in [-0.15, -0.1) is 0 Å². The molecule has 0 fully saturated rings. The van der Waals surface area contributed by atoms with Gasteiger partial charge in [0.25, 0.3) is 5.91 Å². The van der Waals surface area contributed by atoms with Gasteiger partial charge in [-0.3, -0.25) is 14.5 Å². The normalized spacial score (nSPS) is 12.5. The van der Waals surface area contributed by atoms with Gasteiger partial charge in [-0.05, 0) is 24.6 Å². The Hall–Kier alpha value is -4.19. The Balaban J connectivity index is 1.65. The van der Waals surface area contributed by atoms with Crippen molar-refractivity contribution >= 4 is 32.9 Å². The summed E-state index contributed by atoms with van der Waals surface area (Å²) < 4.78 is 73.4. The number of nitrogens with one attached hydrogen (secondary N) is 1. The van der Waals surface area contributed by atoms with E-state index in [-0.39, 0.29) is 40.0 Å². The fourth-order valence-corrected chi connectivity index (χ4v) is 5.59. The van der Waals surface area contributed by atoms with Gasteiger partial charge >= 0.3 is 0 Å². The van der Waals surface area contributed by atoms with Crippen LogP contribution in [-0.4, -0.2) is 54.2 Å². The Morgan fingerprint density at radius 1 is 1.10 bits per heavy atom. The van der Waals surface area contributed by atoms with Crippen molar-refractivity contribution in [2.24, 2.45) is 12.0 Å². The first-order valence-electron chi connectivity index (χ1n) is 11.9. The summed E-state index contributed by atoms with van der Waals surface area (Å²) in [5.74, 6) is -3.59. The van der Waals surface area contributed by atoms with Crippen molar-refractivity contribution in [2.45, 2.75) is 18.4 Å². The summed E-state index contributed by atoms with van der Waals surface area (Å²) in [5, 5.41) is 6.27. The third-order valence-electron chi connectivity index (χ3n) is 6.13. The predicted molar refractivity (Wildman–Crippen MR) is 143 cm³/mol. The van der Waals surface area contributed by atoms with Gasteiger partial charge in [0.15, 0.2) is 9.84 Å². The summed E-state index contributed by atoms with van der Waals surface area (Å²) in [6.45, 7) is 1.21. The van der Waals surface area contributed by atoms with Crippen LogP contribution in [0.4, 0.5) is 13.2 Å². The predicted octanol–water partition coefficient (Wildman–Crippen LogP) is 4.04. The zero-order chi connectivity index (χ0) is 28.3. The molecule has 8 nitrogen and oxygen atoms in total. The maximum absolute atomic E-state index is 15.1. The Kier molecular flexibility index (Phi) is 8.05. The zero-order valence-corrected chi connectivity index (χ0v) is 22.3. The molecule has 0 unspecified atom stereocenters. The summed E-state index contributed by atoms with van der Waals surface area (Å²) in [6.07, 6.45) is 7.35. The van der Waals surface area contributed by atoms with Crippen molar-refractivity contribution in [3.8, 4) is 11.1 Å². The van der Waals surface area contributed by atoms with E-state index in [1.165, 1.54) is 42.2 Å². The highest BCUT2D eigenvalue weighted by atomic mass is 32.2. The lowest BCUT2D eigenvalue weighted by molar-refractivity contribution is -0.116. The van der Waals surface area contributed by atoms with Crippen LogP contribution in [0.2, 0.25) is 0 Å². The number of aromatic nitrogens is 3. The molecule has 1 N–H and O–H groups in total. The second kappa shape index (κ2) is 11.3. The molecule has 39 heavy (non-hydrogen) atoms. The number of hydrogen-bond donors (Lipinski definition) is 1. The molecule has 0 aliphatic rings. The number of carbonyl (C=O) groups excluding carboxylic acids is 1. The van der Waals surface area contributed by atoms with Crippen molar-refractivity contribution in [1.29, 1.82) is 0 Å². The standard InChI is InChI=1S/C27H26F3N5O3S/c1-4-17(12-31-2)27(36)32-7-8-39(37,38)25-16-35(24-11-21(28)10-23(30)26(24)25)15-19-6-5-18(9-22(19)29)20-13-33-34(3)14-20/h4-6,9-14,16H,7-8,15H2,1-3H3,(H,32,36). The minimum absolute atomic E-state index is 0.0405. The summed E-state index contributed by atoms with van der Waals surface area (Å²) in [6, 6.07) is 6.14. The van der Waals surface area contributed by atoms with E-state index in [4.69, 9.17) is 0 Å². The lowest BCUT2D eigenvalue weighted by Gasteiger charge is -2.08. The molecule has 0 saturated heterocycles. The number of allylic oxidation sites excluding steroid dienone is 1. The molecular formula is C27H26F3N5O3S. The van der Waals surface area contributed by atoms with Crippen molar-refractivity contribution in [2.75, 3.05) is 19.3 Å². The highest BCUT2D eigenvalue weighted by Crippen LogP contribution is 2.31. The number of halogens is 3. The molecule has 2 aromatic carbocycles. The van der Waals surface area contributed by atoms with Gasteiger partial charge in [-0.2, -0.15) is 5.10 Å². The van der Waals surface area contributed by atoms with Gasteiger partial charge in [0, 0.05) is 56.4 Å². The van der Waals surface area contributed by atoms with Crippen LogP contribution in [0.15, 0.2) is 70.5 Å². The van der Waals surface area contributed by atoms with E-state index in [1.807, 2.05) is 0 Å². The van der Waals surface area contributed by atoms with Gasteiger partial charge in [0.1, 0.15) is 17.5 Å². The molecular weight excluding hydrogens is 531 g/mol. The van der Waals surface area contributed by atoms with Crippen molar-refractivity contribution in [1.82, 2.24) is 19.7 Å². The Morgan fingerprint density at radius 2 is 1.87 bits per heavy atom. The number of amides is 1. The molecule has 1 amide bonds. The van der Waals surface area contributed by atoms with Crippen LogP contribution in [0.25, 0.3) is 22.0 Å². The average Bonchev–Trinajstić information content (AvgIpc) is 3.48. The van der Waals surface area contributed by atoms with Crippen LogP contribution in [0.1, 0.15) is 12.5 Å². The van der Waals surface area contributed by atoms with E-state index in [9.17, 15) is 22.0 Å². The maximum Gasteiger partial charge on any atom is 0.252 e. The van der Waals surface area contributed by atoms with Crippen molar-refractivity contribution in [3.05, 3.63) is 83.6 Å². The number of fused-ring (bicyclic) bond motifs is 1. The van der Waals surface area contributed by atoms with Gasteiger partial charge in [0.2, 0.25) is 0 Å². The van der Waals surface area contributed by atoms with Crippen LogP contribution in [-0.2, 0) is 28.2 Å². The number of sulfone groups is 1. The number of benzene rings is 2. The fourth-order valence-electron chi connectivity index (χ4n) is 4.20. The number of aliphatic imine (C=N–C) groups is 1. The summed E-state index contributed by atoms with van der Waals surface area (Å²) >= 11 is 0. The molecule has 0 radical (unpaired) electrons. The van der Waals surface area contributed by atoms with E-state index in [1.54, 1.807) is 37.1 Å². The van der Waals surface area contributed by atoms with Crippen LogP contribution in [0.3, 0.4) is 0 Å². The van der Waals surface area contributed by atoms with Crippen molar-refractivity contribution < 1.29 is 26.4 Å². The molecule has 0 aliphatic carbocycles. The SMILES string of the molecule is CC=C(C=NC)C(=O)NCCS(=O)(=O)c1cn(Cc2ccc(-c3cnn(C)c3)cc2F)c2cc(F)cc(F)c12. The number of aryl methyl sites for hydroxylation is 1. The molecule has 0 spiro atoms. The molecule has 2 heterocycles. The summed E-state index contributed by atoms with van der Waals surface area (Å²) in [5.41, 5.74) is 1.71. The number of hydrogen-bond acceptors (Lipinski definition) is 5. The molecule has 4 aromatic rings. The van der Waals surface area contributed by atoms with Gasteiger partial charge < -0.3 is 9.88 Å². The highest BCUT2D eigenvalue weighted by Gasteiger charge is 2.25. The second-order valence-corrected chi connectivity index (χ2v) is 10.9. The van der Waals surface area contributed by atoms with Crippen LogP contribution >= 0.6 is 0 Å². The lowest BCUT2D eigenvalue weighted by Crippen LogP contribution is -2.30. The third-order valence-corrected chi connectivity index (χ3v) is 7.85. The van der Waals surface area contributed by atoms with Gasteiger partial charge in [-0.1, -0.05) is 18.2 Å². The molecule has 0 bridgehead atoms. The first-order chi connectivity index (χ1) is 18.5. The number of rotatable bonds is 9. The maximum atomic E-state index is 15.1. The van der Waals surface area contributed by atoms with E-state index < -0.39 is 38.9 Å². The molecule has 2 aromatic heterocycles. The molecule has 12 heteroatoms. The van der Waals surface area contributed by atoms with Crippen LogP contribution in [0.5, 0.6) is 0 Å². The van der Waals surface area contributed by atoms with E-state index in [0.29, 0.717) is 17.2 Å². The second-order valence-electron chi connectivity index (χ2n) is 8.82. The minimum atomic E-state index is -4.14. The first-order valence-corrected chi connectivity index (χ1v) is 13.5. The number of carbonyl (C=O) groups is 1. The van der Waals surface area contributed by atoms with Gasteiger partial charge in [-0.25, -0.2) is 21.6 Å². The van der Waals surface area contributed by atoms with Crippen molar-refractivity contribution in [3.63, 3.8) is 0 Å². The molecule has 4 rings (SSSR count). The third kappa shape index (κ3) is 5.95. The summed E-state index contributed by atoms with van der Waals surface area (Å²) in [7, 11) is -0.903.